The van der Waals surface area contributed by atoms with Crippen molar-refractivity contribution in [3.63, 3.8) is 0 Å². The number of ether oxygens (including phenoxy) is 3. The molecule has 5 heterocycles. The first-order valence-electron chi connectivity index (χ1n) is 17.7. The van der Waals surface area contributed by atoms with Crippen LogP contribution in [0.1, 0.15) is 72.0 Å². The Labute approximate surface area is 300 Å². The lowest BCUT2D eigenvalue weighted by atomic mass is 10.1. The van der Waals surface area contributed by atoms with E-state index in [2.05, 4.69) is 75.7 Å². The Kier molecular flexibility index (Phi) is 11.2. The third kappa shape index (κ3) is 6.82. The second kappa shape index (κ2) is 15.0. The van der Waals surface area contributed by atoms with E-state index in [1.54, 1.807) is 28.8 Å². The predicted octanol–water partition coefficient (Wildman–Crippen LogP) is 3.76. The summed E-state index contributed by atoms with van der Waals surface area (Å²) >= 11 is 0. The van der Waals surface area contributed by atoms with Gasteiger partial charge in [0.2, 0.25) is 0 Å². The number of hydrogen-bond donors (Lipinski definition) is 4. The molecule has 4 N–H and O–H groups in total. The molecule has 0 bridgehead atoms. The van der Waals surface area contributed by atoms with Crippen molar-refractivity contribution < 1.29 is 47.3 Å². The topological polar surface area (TPSA) is 189 Å². The number of carbonyl (C=O) groups excluding carboxylic acids is 1. The van der Waals surface area contributed by atoms with Gasteiger partial charge in [-0.2, -0.15) is 0 Å². The van der Waals surface area contributed by atoms with Crippen LogP contribution in [0.4, 0.5) is 5.82 Å². The second-order valence-electron chi connectivity index (χ2n) is 14.8. The number of amides is 1. The number of aromatic nitrogens is 4. The SMILES string of the molecule is CC(C)[Si]1(C(C)C)OC[C@H]2O[C@@H](n3cnc4c(NC(=O)c5ccccc5)ncnc43)[C@H](O[C@@H]3O[C@H](CO)[C@@H](O)[C@H]3O)[C@@H]2O[Si](C(C)C)(C(C)C)O1. The van der Waals surface area contributed by atoms with Crippen LogP contribution in [-0.2, 0) is 27.2 Å². The van der Waals surface area contributed by atoms with Gasteiger partial charge in [-0.25, -0.2) is 15.0 Å². The molecule has 0 aliphatic carbocycles. The van der Waals surface area contributed by atoms with Gasteiger partial charge in [-0.15, -0.1) is 0 Å². The van der Waals surface area contributed by atoms with Crippen LogP contribution in [0, 0.1) is 0 Å². The number of imidazole rings is 1. The van der Waals surface area contributed by atoms with Crippen molar-refractivity contribution in [3.05, 3.63) is 48.5 Å². The number of hydrogen-bond acceptors (Lipinski definition) is 13. The van der Waals surface area contributed by atoms with Crippen LogP contribution < -0.4 is 5.32 Å². The van der Waals surface area contributed by atoms with Crippen LogP contribution >= 0.6 is 0 Å². The van der Waals surface area contributed by atoms with E-state index in [-0.39, 0.29) is 40.5 Å². The van der Waals surface area contributed by atoms with E-state index < -0.39 is 72.9 Å². The molecular weight excluding hydrogens is 695 g/mol. The van der Waals surface area contributed by atoms with Gasteiger partial charge >= 0.3 is 17.1 Å². The summed E-state index contributed by atoms with van der Waals surface area (Å²) in [6.45, 7) is 16.7. The predicted molar refractivity (Wildman–Crippen MR) is 190 cm³/mol. The summed E-state index contributed by atoms with van der Waals surface area (Å²) in [5, 5.41) is 34.2. The smallest absolute Gasteiger partial charge is 0.335 e. The molecule has 8 atom stereocenters. The molecule has 0 unspecified atom stereocenters. The molecule has 0 radical (unpaired) electrons. The van der Waals surface area contributed by atoms with Gasteiger partial charge in [0.1, 0.15) is 43.0 Å². The average molecular weight is 746 g/mol. The highest BCUT2D eigenvalue weighted by Crippen LogP contribution is 2.49. The van der Waals surface area contributed by atoms with E-state index >= 15 is 0 Å². The minimum atomic E-state index is -3.16. The molecular formula is C34H51N5O10Si2. The number of nitrogens with one attached hydrogen (secondary N) is 1. The van der Waals surface area contributed by atoms with Gasteiger partial charge in [-0.3, -0.25) is 9.36 Å². The number of aliphatic hydroxyl groups excluding tert-OH is 3. The van der Waals surface area contributed by atoms with Gasteiger partial charge in [-0.05, 0) is 34.3 Å². The van der Waals surface area contributed by atoms with Crippen molar-refractivity contribution in [1.82, 2.24) is 19.5 Å². The van der Waals surface area contributed by atoms with Crippen molar-refractivity contribution in [3.8, 4) is 0 Å². The molecule has 280 valence electrons. The number of rotatable bonds is 10. The normalized spacial score (nSPS) is 30.6. The largest absolute Gasteiger partial charge is 0.414 e. The van der Waals surface area contributed by atoms with Crippen LogP contribution in [0.3, 0.4) is 0 Å². The lowest BCUT2D eigenvalue weighted by molar-refractivity contribution is -0.219. The van der Waals surface area contributed by atoms with Gasteiger partial charge in [0.25, 0.3) is 5.91 Å². The van der Waals surface area contributed by atoms with Crippen LogP contribution in [0.2, 0.25) is 22.2 Å². The monoisotopic (exact) mass is 745 g/mol. The number of benzene rings is 1. The summed E-state index contributed by atoms with van der Waals surface area (Å²) in [7, 11) is -6.06. The first kappa shape index (κ1) is 38.1. The molecule has 0 spiro atoms. The molecule has 0 saturated carbocycles. The van der Waals surface area contributed by atoms with Crippen LogP contribution in [0.25, 0.3) is 11.2 Å². The van der Waals surface area contributed by atoms with E-state index in [0.29, 0.717) is 16.7 Å². The fraction of sp³-hybridized carbons (Fsp3) is 0.647. The molecule has 15 nitrogen and oxygen atoms in total. The van der Waals surface area contributed by atoms with E-state index in [0.717, 1.165) is 0 Å². The van der Waals surface area contributed by atoms with Crippen LogP contribution in [0.5, 0.6) is 0 Å². The highest BCUT2D eigenvalue weighted by molar-refractivity contribution is 6.84. The second-order valence-corrected chi connectivity index (χ2v) is 23.6. The Morgan fingerprint density at radius 3 is 2.22 bits per heavy atom. The van der Waals surface area contributed by atoms with Crippen LogP contribution in [0.15, 0.2) is 43.0 Å². The lowest BCUT2D eigenvalue weighted by Gasteiger charge is -2.51. The molecule has 17 heteroatoms. The molecule has 6 rings (SSSR count). The zero-order valence-electron chi connectivity index (χ0n) is 30.4. The molecule has 51 heavy (non-hydrogen) atoms. The van der Waals surface area contributed by atoms with Crippen LogP contribution in [-0.4, -0.2) is 114 Å². The number of anilines is 1. The van der Waals surface area contributed by atoms with E-state index in [1.165, 1.54) is 12.7 Å². The van der Waals surface area contributed by atoms with Gasteiger partial charge in [-0.1, -0.05) is 73.6 Å². The standard InChI is InChI=1S/C34H51N5O10Si2/c1-18(2)50(19(3)4)44-15-24-28(48-51(49-50,20(5)6)21(7)8)29(47-34-27(42)26(41)23(14-40)46-34)33(45-24)39-17-37-25-30(35-16-36-31(25)39)38-32(43)22-12-10-9-11-13-22/h9-13,16-21,23-24,26-29,33-34,40-42H,14-15H2,1-8H3,(H,35,36,38,43)/t23-,24-,26-,27-,28-,29-,33-,34+/m1/s1. The van der Waals surface area contributed by atoms with Crippen molar-refractivity contribution in [2.24, 2.45) is 0 Å². The van der Waals surface area contributed by atoms with E-state index in [4.69, 9.17) is 27.2 Å². The maximum atomic E-state index is 13.1. The minimum Gasteiger partial charge on any atom is -0.414 e. The Hall–Kier alpha value is -2.69. The zero-order chi connectivity index (χ0) is 36.8. The number of carbonyl (C=O) groups is 1. The Morgan fingerprint density at radius 1 is 0.941 bits per heavy atom. The average Bonchev–Trinajstić information content (AvgIpc) is 3.75. The molecule has 1 aromatic carbocycles. The number of aliphatic hydroxyl groups is 3. The summed E-state index contributed by atoms with van der Waals surface area (Å²) in [5.74, 6) is -0.148. The lowest BCUT2D eigenvalue weighted by Crippen LogP contribution is -2.66. The molecule has 3 aliphatic heterocycles. The summed E-state index contributed by atoms with van der Waals surface area (Å²) in [6.07, 6.45) is -5.65. The number of fused-ring (bicyclic) bond motifs is 2. The summed E-state index contributed by atoms with van der Waals surface area (Å²) in [4.78, 5) is 26.5. The Balaban J connectivity index is 1.43. The molecule has 3 aliphatic rings. The third-order valence-corrected chi connectivity index (χ3v) is 20.6. The minimum absolute atomic E-state index is 0.00966. The van der Waals surface area contributed by atoms with Crippen molar-refractivity contribution in [2.45, 2.75) is 127 Å². The summed E-state index contributed by atoms with van der Waals surface area (Å²) in [5.41, 5.74) is 1.37. The maximum absolute atomic E-state index is 13.1. The number of nitrogens with zero attached hydrogens (tertiary/aromatic N) is 4. The van der Waals surface area contributed by atoms with E-state index in [9.17, 15) is 20.1 Å². The van der Waals surface area contributed by atoms with Gasteiger partial charge in [0, 0.05) is 5.56 Å². The molecule has 3 saturated heterocycles. The third-order valence-electron chi connectivity index (χ3n) is 10.3. The van der Waals surface area contributed by atoms with Crippen molar-refractivity contribution in [2.75, 3.05) is 18.5 Å². The Morgan fingerprint density at radius 2 is 1.61 bits per heavy atom. The molecule has 2 aromatic heterocycles. The molecule has 3 fully saturated rings. The fourth-order valence-corrected chi connectivity index (χ4v) is 18.7. The fourth-order valence-electron chi connectivity index (χ4n) is 7.52. The van der Waals surface area contributed by atoms with Crippen molar-refractivity contribution in [1.29, 1.82) is 0 Å². The van der Waals surface area contributed by atoms with E-state index in [1.807, 2.05) is 6.07 Å². The van der Waals surface area contributed by atoms with Gasteiger partial charge in [0.05, 0.1) is 19.5 Å². The highest BCUT2D eigenvalue weighted by Gasteiger charge is 2.63. The van der Waals surface area contributed by atoms with Crippen molar-refractivity contribution >= 4 is 40.0 Å². The maximum Gasteiger partial charge on any atom is 0.335 e. The summed E-state index contributed by atoms with van der Waals surface area (Å²) in [6, 6.07) is 8.77. The molecule has 3 aromatic rings. The summed E-state index contributed by atoms with van der Waals surface area (Å²) < 4.78 is 42.5. The Bertz CT molecular complexity index is 1650. The highest BCUT2D eigenvalue weighted by atomic mass is 28.5. The first-order chi connectivity index (χ1) is 24.2. The quantitative estimate of drug-likeness (QED) is 0.220. The zero-order valence-corrected chi connectivity index (χ0v) is 32.4. The van der Waals surface area contributed by atoms with Gasteiger partial charge in [0.15, 0.2) is 29.5 Å². The van der Waals surface area contributed by atoms with Gasteiger partial charge < -0.3 is 47.8 Å². The first-order valence-corrected chi connectivity index (χ1v) is 21.7. The molecule has 1 amide bonds.